The molecule has 2 aromatic rings. The first-order valence-electron chi connectivity index (χ1n) is 5.68. The van der Waals surface area contributed by atoms with Gasteiger partial charge in [0, 0.05) is 29.3 Å². The molecule has 1 nitrogen and oxygen atoms in total. The van der Waals surface area contributed by atoms with Crippen molar-refractivity contribution >= 4 is 22.5 Å². The van der Waals surface area contributed by atoms with Gasteiger partial charge in [0.1, 0.15) is 0 Å². The summed E-state index contributed by atoms with van der Waals surface area (Å²) in [6.07, 6.45) is 5.38. The van der Waals surface area contributed by atoms with Crippen molar-refractivity contribution in [2.45, 2.75) is 24.9 Å². The summed E-state index contributed by atoms with van der Waals surface area (Å²) in [5.41, 5.74) is 0. The molecule has 0 amide bonds. The highest BCUT2D eigenvalue weighted by molar-refractivity contribution is 7.99. The fraction of sp³-hybridized carbons (Fsp3) is 0.286. The van der Waals surface area contributed by atoms with Crippen molar-refractivity contribution in [3.05, 3.63) is 43.1 Å². The zero-order valence-corrected chi connectivity index (χ0v) is 10.5. The van der Waals surface area contributed by atoms with Crippen LogP contribution in [-0.2, 0) is 6.54 Å². The first kappa shape index (κ1) is 11.3. The molecule has 1 heterocycles. The van der Waals surface area contributed by atoms with E-state index in [1.807, 2.05) is 17.8 Å². The highest BCUT2D eigenvalue weighted by atomic mass is 32.2. The van der Waals surface area contributed by atoms with Crippen molar-refractivity contribution in [3.8, 4) is 0 Å². The summed E-state index contributed by atoms with van der Waals surface area (Å²) in [6.45, 7) is 7.09. The Morgan fingerprint density at radius 1 is 1.38 bits per heavy atom. The van der Waals surface area contributed by atoms with Gasteiger partial charge < -0.3 is 4.57 Å². The highest BCUT2D eigenvalue weighted by Gasteiger charge is 2.07. The second-order valence-electron chi connectivity index (χ2n) is 3.81. The molecule has 0 radical (unpaired) electrons. The van der Waals surface area contributed by atoms with Gasteiger partial charge in [-0.1, -0.05) is 37.3 Å². The third-order valence-electron chi connectivity index (χ3n) is 2.55. The molecule has 0 N–H and O–H groups in total. The lowest BCUT2D eigenvalue weighted by atomic mass is 10.2. The number of rotatable bonds is 5. The molecule has 0 atom stereocenters. The minimum Gasteiger partial charge on any atom is -0.342 e. The predicted molar refractivity (Wildman–Crippen MR) is 73.2 cm³/mol. The van der Waals surface area contributed by atoms with Crippen LogP contribution in [0, 0.1) is 0 Å². The van der Waals surface area contributed by atoms with Crippen LogP contribution in [0.3, 0.4) is 0 Å². The van der Waals surface area contributed by atoms with Crippen LogP contribution in [0.2, 0.25) is 0 Å². The Morgan fingerprint density at radius 3 is 2.94 bits per heavy atom. The van der Waals surface area contributed by atoms with E-state index in [1.54, 1.807) is 0 Å². The number of benzene rings is 1. The van der Waals surface area contributed by atoms with Crippen LogP contribution in [0.5, 0.6) is 0 Å². The average Bonchev–Trinajstić information content (AvgIpc) is 2.65. The van der Waals surface area contributed by atoms with E-state index in [2.05, 4.69) is 48.5 Å². The fourth-order valence-corrected chi connectivity index (χ4v) is 2.82. The molecule has 0 aliphatic carbocycles. The van der Waals surface area contributed by atoms with Crippen molar-refractivity contribution in [1.29, 1.82) is 0 Å². The number of aromatic nitrogens is 1. The Labute approximate surface area is 101 Å². The molecule has 0 bridgehead atoms. The summed E-state index contributed by atoms with van der Waals surface area (Å²) in [4.78, 5) is 0. The first-order valence-corrected chi connectivity index (χ1v) is 6.67. The SMILES string of the molecule is C=CCSc1c2ccccc2cn1CCC. The monoisotopic (exact) mass is 231 g/mol. The van der Waals surface area contributed by atoms with Crippen LogP contribution in [0.1, 0.15) is 13.3 Å². The topological polar surface area (TPSA) is 4.93 Å². The molecule has 1 aromatic heterocycles. The summed E-state index contributed by atoms with van der Waals surface area (Å²) in [6, 6.07) is 8.59. The molecule has 84 valence electrons. The summed E-state index contributed by atoms with van der Waals surface area (Å²) in [5, 5.41) is 4.07. The van der Waals surface area contributed by atoms with Crippen LogP contribution in [0.15, 0.2) is 48.1 Å². The van der Waals surface area contributed by atoms with E-state index in [9.17, 15) is 0 Å². The van der Waals surface area contributed by atoms with Gasteiger partial charge in [0.05, 0.1) is 5.03 Å². The third-order valence-corrected chi connectivity index (χ3v) is 3.68. The second-order valence-corrected chi connectivity index (χ2v) is 4.82. The minimum absolute atomic E-state index is 0.970. The molecule has 2 rings (SSSR count). The predicted octanol–water partition coefficient (Wildman–Crippen LogP) is 4.33. The first-order chi connectivity index (χ1) is 7.86. The Balaban J connectivity index is 2.46. The van der Waals surface area contributed by atoms with Crippen LogP contribution < -0.4 is 0 Å². The number of hydrogen-bond acceptors (Lipinski definition) is 1. The van der Waals surface area contributed by atoms with Crippen molar-refractivity contribution in [2.24, 2.45) is 0 Å². The number of hydrogen-bond donors (Lipinski definition) is 0. The summed E-state index contributed by atoms with van der Waals surface area (Å²) in [5.74, 6) is 0.970. The zero-order chi connectivity index (χ0) is 11.4. The van der Waals surface area contributed by atoms with Gasteiger partial charge in [-0.15, -0.1) is 18.3 Å². The average molecular weight is 231 g/mol. The van der Waals surface area contributed by atoms with Crippen LogP contribution in [0.4, 0.5) is 0 Å². The van der Waals surface area contributed by atoms with E-state index in [4.69, 9.17) is 0 Å². The van der Waals surface area contributed by atoms with E-state index < -0.39 is 0 Å². The molecule has 0 aliphatic heterocycles. The molecule has 2 heteroatoms. The lowest BCUT2D eigenvalue weighted by Crippen LogP contribution is -1.96. The summed E-state index contributed by atoms with van der Waals surface area (Å²) in [7, 11) is 0. The van der Waals surface area contributed by atoms with E-state index in [-0.39, 0.29) is 0 Å². The number of thioether (sulfide) groups is 1. The normalized spacial score (nSPS) is 10.8. The van der Waals surface area contributed by atoms with Crippen molar-refractivity contribution in [1.82, 2.24) is 4.57 Å². The third kappa shape index (κ3) is 2.17. The standard InChI is InChI=1S/C14H17NS/c1-3-9-15-11-12-7-5-6-8-13(12)14(15)16-10-4-2/h4-8,11H,2-3,9-10H2,1H3. The molecule has 0 aliphatic rings. The molecule has 1 aromatic carbocycles. The van der Waals surface area contributed by atoms with Gasteiger partial charge in [-0.2, -0.15) is 0 Å². The lowest BCUT2D eigenvalue weighted by molar-refractivity contribution is 0.640. The largest absolute Gasteiger partial charge is 0.342 e. The van der Waals surface area contributed by atoms with Gasteiger partial charge in [0.2, 0.25) is 0 Å². The number of fused-ring (bicyclic) bond motifs is 1. The molecule has 0 saturated heterocycles. The smallest absolute Gasteiger partial charge is 0.0831 e. The maximum Gasteiger partial charge on any atom is 0.0831 e. The Morgan fingerprint density at radius 2 is 2.19 bits per heavy atom. The molecular formula is C14H17NS. The lowest BCUT2D eigenvalue weighted by Gasteiger charge is -2.06. The molecule has 0 unspecified atom stereocenters. The molecule has 0 spiro atoms. The zero-order valence-electron chi connectivity index (χ0n) is 9.65. The number of nitrogens with zero attached hydrogens (tertiary/aromatic N) is 1. The van der Waals surface area contributed by atoms with E-state index >= 15 is 0 Å². The molecular weight excluding hydrogens is 214 g/mol. The maximum atomic E-state index is 3.79. The Kier molecular flexibility index (Phi) is 3.73. The number of aryl methyl sites for hydroxylation is 1. The van der Waals surface area contributed by atoms with E-state index in [0.717, 1.165) is 12.3 Å². The second kappa shape index (κ2) is 5.26. The molecule has 16 heavy (non-hydrogen) atoms. The van der Waals surface area contributed by atoms with E-state index in [1.165, 1.54) is 22.2 Å². The van der Waals surface area contributed by atoms with E-state index in [0.29, 0.717) is 0 Å². The molecule has 0 fully saturated rings. The van der Waals surface area contributed by atoms with Crippen LogP contribution in [-0.4, -0.2) is 10.3 Å². The van der Waals surface area contributed by atoms with Gasteiger partial charge in [0.15, 0.2) is 0 Å². The van der Waals surface area contributed by atoms with Crippen LogP contribution in [0.25, 0.3) is 10.8 Å². The van der Waals surface area contributed by atoms with Gasteiger partial charge in [-0.05, 0) is 6.42 Å². The fourth-order valence-electron chi connectivity index (χ4n) is 1.89. The Hall–Kier alpha value is -1.15. The van der Waals surface area contributed by atoms with Gasteiger partial charge in [-0.3, -0.25) is 0 Å². The van der Waals surface area contributed by atoms with Gasteiger partial charge in [-0.25, -0.2) is 0 Å². The van der Waals surface area contributed by atoms with Crippen molar-refractivity contribution in [3.63, 3.8) is 0 Å². The van der Waals surface area contributed by atoms with Gasteiger partial charge in [0.25, 0.3) is 0 Å². The summed E-state index contributed by atoms with van der Waals surface area (Å²) < 4.78 is 2.36. The minimum atomic E-state index is 0.970. The maximum absolute atomic E-state index is 3.79. The summed E-state index contributed by atoms with van der Waals surface area (Å²) >= 11 is 1.87. The molecule has 0 saturated carbocycles. The van der Waals surface area contributed by atoms with Crippen molar-refractivity contribution < 1.29 is 0 Å². The van der Waals surface area contributed by atoms with Crippen molar-refractivity contribution in [2.75, 3.05) is 5.75 Å². The quantitative estimate of drug-likeness (QED) is 0.547. The Bertz CT molecular complexity index is 484. The highest BCUT2D eigenvalue weighted by Crippen LogP contribution is 2.30. The van der Waals surface area contributed by atoms with Gasteiger partial charge >= 0.3 is 0 Å². The van der Waals surface area contributed by atoms with Crippen LogP contribution >= 0.6 is 11.8 Å².